The van der Waals surface area contributed by atoms with Gasteiger partial charge >= 0.3 is 11.9 Å². The molecular formula is C16H29N7O8. The van der Waals surface area contributed by atoms with Crippen molar-refractivity contribution in [3.05, 3.63) is 0 Å². The molecule has 3 amide bonds. The highest BCUT2D eigenvalue weighted by Crippen LogP contribution is 2.01. The highest BCUT2D eigenvalue weighted by Gasteiger charge is 2.25. The number of aliphatic imine (C=N–C) groups is 1. The van der Waals surface area contributed by atoms with Crippen molar-refractivity contribution in [2.75, 3.05) is 19.7 Å². The minimum Gasteiger partial charge on any atom is -0.481 e. The predicted octanol–water partition coefficient (Wildman–Crippen LogP) is -4.61. The largest absolute Gasteiger partial charge is 0.481 e. The fraction of sp³-hybridized carbons (Fsp3) is 0.625. The molecule has 0 radical (unpaired) electrons. The predicted molar refractivity (Wildman–Crippen MR) is 106 cm³/mol. The van der Waals surface area contributed by atoms with Crippen molar-refractivity contribution in [3.63, 3.8) is 0 Å². The van der Waals surface area contributed by atoms with Crippen LogP contribution < -0.4 is 33.2 Å². The van der Waals surface area contributed by atoms with E-state index in [2.05, 4.69) is 15.6 Å². The van der Waals surface area contributed by atoms with Gasteiger partial charge in [0.1, 0.15) is 12.1 Å². The molecule has 0 heterocycles. The van der Waals surface area contributed by atoms with E-state index in [-0.39, 0.29) is 25.3 Å². The Balaban J connectivity index is 4.81. The smallest absolute Gasteiger partial charge is 0.328 e. The maximum Gasteiger partial charge on any atom is 0.328 e. The molecular weight excluding hydrogens is 418 g/mol. The number of aliphatic hydroxyl groups is 1. The van der Waals surface area contributed by atoms with Crippen LogP contribution in [0.25, 0.3) is 0 Å². The van der Waals surface area contributed by atoms with E-state index in [1.165, 1.54) is 0 Å². The summed E-state index contributed by atoms with van der Waals surface area (Å²) in [6.07, 6.45) is -0.149. The van der Waals surface area contributed by atoms with Crippen molar-refractivity contribution in [1.29, 1.82) is 0 Å². The van der Waals surface area contributed by atoms with E-state index < -0.39 is 67.4 Å². The number of hydrogen-bond donors (Lipinski definition) is 9. The Morgan fingerprint density at radius 3 is 2.10 bits per heavy atom. The summed E-state index contributed by atoms with van der Waals surface area (Å²) >= 11 is 0. The summed E-state index contributed by atoms with van der Waals surface area (Å²) in [5, 5.41) is 32.9. The fourth-order valence-electron chi connectivity index (χ4n) is 2.19. The lowest BCUT2D eigenvalue weighted by atomic mass is 10.1. The quantitative estimate of drug-likeness (QED) is 0.0654. The first-order valence-corrected chi connectivity index (χ1v) is 9.21. The van der Waals surface area contributed by atoms with Gasteiger partial charge in [-0.05, 0) is 19.3 Å². The molecule has 15 heteroatoms. The van der Waals surface area contributed by atoms with Crippen LogP contribution in [0.2, 0.25) is 0 Å². The zero-order valence-corrected chi connectivity index (χ0v) is 16.7. The molecule has 0 saturated heterocycles. The zero-order chi connectivity index (χ0) is 24.0. The van der Waals surface area contributed by atoms with Crippen LogP contribution in [-0.2, 0) is 24.0 Å². The summed E-state index contributed by atoms with van der Waals surface area (Å²) in [6.45, 7) is -1.27. The molecule has 176 valence electrons. The van der Waals surface area contributed by atoms with E-state index in [1.807, 2.05) is 5.32 Å². The van der Waals surface area contributed by atoms with Crippen molar-refractivity contribution in [2.45, 2.75) is 43.8 Å². The van der Waals surface area contributed by atoms with Gasteiger partial charge in [0.25, 0.3) is 0 Å². The number of guanidine groups is 1. The molecule has 15 nitrogen and oxygen atoms in total. The first kappa shape index (κ1) is 27.5. The number of amides is 3. The molecule has 0 rings (SSSR count). The number of hydrogen-bond acceptors (Lipinski definition) is 8. The van der Waals surface area contributed by atoms with E-state index in [4.69, 9.17) is 32.5 Å². The Morgan fingerprint density at radius 2 is 1.58 bits per heavy atom. The van der Waals surface area contributed by atoms with Gasteiger partial charge in [0.05, 0.1) is 19.2 Å². The Hall–Kier alpha value is -3.46. The molecule has 0 aromatic carbocycles. The van der Waals surface area contributed by atoms with Gasteiger partial charge in [-0.3, -0.25) is 24.2 Å². The molecule has 3 unspecified atom stereocenters. The van der Waals surface area contributed by atoms with Crippen LogP contribution in [0, 0.1) is 0 Å². The number of rotatable bonds is 15. The second-order valence-electron chi connectivity index (χ2n) is 6.41. The maximum atomic E-state index is 12.3. The van der Waals surface area contributed by atoms with Gasteiger partial charge in [0.2, 0.25) is 17.7 Å². The van der Waals surface area contributed by atoms with E-state index in [9.17, 15) is 24.0 Å². The molecule has 0 bridgehead atoms. The van der Waals surface area contributed by atoms with Crippen molar-refractivity contribution < 1.29 is 39.3 Å². The molecule has 12 N–H and O–H groups in total. The van der Waals surface area contributed by atoms with Gasteiger partial charge in [-0.15, -0.1) is 0 Å². The summed E-state index contributed by atoms with van der Waals surface area (Å²) in [5.74, 6) is -5.28. The molecule has 0 aliphatic heterocycles. The van der Waals surface area contributed by atoms with Gasteiger partial charge in [-0.1, -0.05) is 0 Å². The number of carbonyl (C=O) groups is 5. The lowest BCUT2D eigenvalue weighted by Crippen LogP contribution is -2.53. The Kier molecular flexibility index (Phi) is 12.9. The highest BCUT2D eigenvalue weighted by molar-refractivity contribution is 5.92. The average Bonchev–Trinajstić information content (AvgIpc) is 2.69. The molecule has 31 heavy (non-hydrogen) atoms. The van der Waals surface area contributed by atoms with Crippen LogP contribution in [0.15, 0.2) is 4.99 Å². The number of carbonyl (C=O) groups excluding carboxylic acids is 3. The van der Waals surface area contributed by atoms with Crippen molar-refractivity contribution in [1.82, 2.24) is 16.0 Å². The summed E-state index contributed by atoms with van der Waals surface area (Å²) in [4.78, 5) is 61.5. The molecule has 3 atom stereocenters. The third-order valence-electron chi connectivity index (χ3n) is 3.82. The molecule has 0 aliphatic carbocycles. The van der Waals surface area contributed by atoms with Crippen LogP contribution in [0.4, 0.5) is 0 Å². The van der Waals surface area contributed by atoms with Gasteiger partial charge in [0, 0.05) is 13.0 Å². The third-order valence-corrected chi connectivity index (χ3v) is 3.82. The molecule has 0 aromatic rings. The van der Waals surface area contributed by atoms with Crippen LogP contribution in [0.1, 0.15) is 25.7 Å². The number of aliphatic carboxylic acids is 2. The molecule has 0 fully saturated rings. The number of nitrogens with one attached hydrogen (secondary N) is 3. The number of carboxylic acids is 2. The molecule has 0 spiro atoms. The first-order chi connectivity index (χ1) is 14.5. The lowest BCUT2D eigenvalue weighted by molar-refractivity contribution is -0.142. The number of carboxylic acid groups (broad SMARTS) is 2. The van der Waals surface area contributed by atoms with Crippen molar-refractivity contribution in [2.24, 2.45) is 22.2 Å². The number of aliphatic hydroxyl groups excluding tert-OH is 1. The highest BCUT2D eigenvalue weighted by atomic mass is 16.4. The Bertz CT molecular complexity index is 681. The molecule has 0 aliphatic rings. The summed E-state index contributed by atoms with van der Waals surface area (Å²) in [5.41, 5.74) is 16.1. The topological polar surface area (TPSA) is 273 Å². The minimum absolute atomic E-state index is 0.110. The Morgan fingerprint density at radius 1 is 0.935 bits per heavy atom. The van der Waals surface area contributed by atoms with E-state index in [0.717, 1.165) is 0 Å². The summed E-state index contributed by atoms with van der Waals surface area (Å²) in [7, 11) is 0. The van der Waals surface area contributed by atoms with Crippen molar-refractivity contribution in [3.8, 4) is 0 Å². The van der Waals surface area contributed by atoms with E-state index in [0.29, 0.717) is 6.42 Å². The number of nitrogens with two attached hydrogens (primary N) is 3. The van der Waals surface area contributed by atoms with Crippen LogP contribution in [0.3, 0.4) is 0 Å². The zero-order valence-electron chi connectivity index (χ0n) is 16.7. The van der Waals surface area contributed by atoms with Gasteiger partial charge < -0.3 is 48.5 Å². The SMILES string of the molecule is NC(N)=NCCCC(N)C(=O)NC(CCC(=O)O)C(=O)NCC(=O)NC(CO)C(=O)O. The minimum atomic E-state index is -1.55. The van der Waals surface area contributed by atoms with Crippen LogP contribution in [-0.4, -0.2) is 88.8 Å². The first-order valence-electron chi connectivity index (χ1n) is 9.21. The maximum absolute atomic E-state index is 12.3. The van der Waals surface area contributed by atoms with E-state index >= 15 is 0 Å². The van der Waals surface area contributed by atoms with Gasteiger partial charge in [-0.2, -0.15) is 0 Å². The standard InChI is InChI=1S/C16H29N7O8/c17-8(2-1-5-20-16(18)19)13(28)23-9(3-4-12(26)27)14(29)21-6-11(25)22-10(7-24)15(30)31/h8-10,24H,1-7,17H2,(H,21,29)(H,22,25)(H,23,28)(H,26,27)(H,30,31)(H4,18,19,20). The van der Waals surface area contributed by atoms with Crippen LogP contribution >= 0.6 is 0 Å². The number of nitrogens with zero attached hydrogens (tertiary/aromatic N) is 1. The van der Waals surface area contributed by atoms with Crippen molar-refractivity contribution >= 4 is 35.6 Å². The second kappa shape index (κ2) is 14.5. The summed E-state index contributed by atoms with van der Waals surface area (Å²) in [6, 6.07) is -3.87. The lowest BCUT2D eigenvalue weighted by Gasteiger charge is -2.20. The summed E-state index contributed by atoms with van der Waals surface area (Å²) < 4.78 is 0. The molecule has 0 aromatic heterocycles. The van der Waals surface area contributed by atoms with Gasteiger partial charge in [-0.25, -0.2) is 4.79 Å². The monoisotopic (exact) mass is 447 g/mol. The normalized spacial score (nSPS) is 13.2. The van der Waals surface area contributed by atoms with Crippen LogP contribution in [0.5, 0.6) is 0 Å². The van der Waals surface area contributed by atoms with Gasteiger partial charge in [0.15, 0.2) is 5.96 Å². The fourth-order valence-corrected chi connectivity index (χ4v) is 2.19. The third kappa shape index (κ3) is 12.7. The molecule has 0 saturated carbocycles. The average molecular weight is 447 g/mol. The second-order valence-corrected chi connectivity index (χ2v) is 6.41. The Labute approximate surface area is 177 Å². The van der Waals surface area contributed by atoms with E-state index in [1.54, 1.807) is 0 Å².